The Morgan fingerprint density at radius 2 is 1.82 bits per heavy atom. The van der Waals surface area contributed by atoms with Gasteiger partial charge >= 0.3 is 0 Å². The Bertz CT molecular complexity index is 215. The first-order chi connectivity index (χ1) is 8.35. The van der Waals surface area contributed by atoms with Gasteiger partial charge in [-0.3, -0.25) is 0 Å². The summed E-state index contributed by atoms with van der Waals surface area (Å²) in [6.07, 6.45) is 7.62. The van der Waals surface area contributed by atoms with Gasteiger partial charge in [0.25, 0.3) is 0 Å². The van der Waals surface area contributed by atoms with Crippen molar-refractivity contribution in [3.8, 4) is 0 Å². The number of rotatable bonds is 5. The van der Waals surface area contributed by atoms with Crippen molar-refractivity contribution in [2.24, 2.45) is 5.92 Å². The lowest BCUT2D eigenvalue weighted by Crippen LogP contribution is -2.52. The van der Waals surface area contributed by atoms with Crippen molar-refractivity contribution in [3.05, 3.63) is 0 Å². The van der Waals surface area contributed by atoms with Crippen molar-refractivity contribution in [3.63, 3.8) is 0 Å². The van der Waals surface area contributed by atoms with Crippen LogP contribution < -0.4 is 10.6 Å². The normalized spacial score (nSPS) is 34.4. The molecule has 0 spiro atoms. The molecule has 3 unspecified atom stereocenters. The topological polar surface area (TPSA) is 64.5 Å². The van der Waals surface area contributed by atoms with Crippen LogP contribution in [0.4, 0.5) is 0 Å². The van der Waals surface area contributed by atoms with E-state index in [9.17, 15) is 10.2 Å². The second-order valence-corrected chi connectivity index (χ2v) is 5.49. The van der Waals surface area contributed by atoms with Gasteiger partial charge in [0.1, 0.15) is 0 Å². The van der Waals surface area contributed by atoms with E-state index in [1.54, 1.807) is 0 Å². The van der Waals surface area contributed by atoms with Gasteiger partial charge in [0.2, 0.25) is 0 Å². The molecular weight excluding hydrogens is 216 g/mol. The molecule has 4 nitrogen and oxygen atoms in total. The van der Waals surface area contributed by atoms with Crippen LogP contribution in [-0.2, 0) is 0 Å². The summed E-state index contributed by atoms with van der Waals surface area (Å²) < 4.78 is 0. The largest absolute Gasteiger partial charge is 0.395 e. The van der Waals surface area contributed by atoms with Crippen molar-refractivity contribution >= 4 is 0 Å². The molecule has 4 heteroatoms. The first-order valence-corrected chi connectivity index (χ1v) is 7.06. The summed E-state index contributed by atoms with van der Waals surface area (Å²) in [4.78, 5) is 0. The molecule has 2 rings (SSSR count). The molecule has 0 aromatic rings. The zero-order valence-electron chi connectivity index (χ0n) is 10.6. The van der Waals surface area contributed by atoms with E-state index in [0.717, 1.165) is 6.54 Å². The van der Waals surface area contributed by atoms with Gasteiger partial charge in [-0.25, -0.2) is 0 Å². The average Bonchev–Trinajstić information content (AvgIpc) is 2.90. The molecule has 4 N–H and O–H groups in total. The van der Waals surface area contributed by atoms with Gasteiger partial charge in [0, 0.05) is 12.1 Å². The molecule has 3 atom stereocenters. The fraction of sp³-hybridized carbons (Fsp3) is 1.00. The van der Waals surface area contributed by atoms with Gasteiger partial charge in [-0.1, -0.05) is 12.8 Å². The molecule has 100 valence electrons. The molecule has 0 amide bonds. The maximum absolute atomic E-state index is 9.17. The van der Waals surface area contributed by atoms with E-state index >= 15 is 0 Å². The van der Waals surface area contributed by atoms with Gasteiger partial charge < -0.3 is 20.8 Å². The fourth-order valence-electron chi connectivity index (χ4n) is 3.39. The van der Waals surface area contributed by atoms with E-state index in [1.807, 2.05) is 0 Å². The Labute approximate surface area is 104 Å². The van der Waals surface area contributed by atoms with Crippen molar-refractivity contribution < 1.29 is 10.2 Å². The monoisotopic (exact) mass is 242 g/mol. The highest BCUT2D eigenvalue weighted by molar-refractivity contribution is 4.92. The molecule has 1 saturated carbocycles. The van der Waals surface area contributed by atoms with Crippen molar-refractivity contribution in [1.29, 1.82) is 0 Å². The van der Waals surface area contributed by atoms with Crippen LogP contribution in [0.2, 0.25) is 0 Å². The first kappa shape index (κ1) is 13.3. The van der Waals surface area contributed by atoms with Crippen molar-refractivity contribution in [1.82, 2.24) is 10.6 Å². The van der Waals surface area contributed by atoms with Gasteiger partial charge in [0.15, 0.2) is 0 Å². The van der Waals surface area contributed by atoms with Crippen LogP contribution in [-0.4, -0.2) is 48.1 Å². The van der Waals surface area contributed by atoms with E-state index in [-0.39, 0.29) is 19.3 Å². The molecule has 1 aliphatic heterocycles. The summed E-state index contributed by atoms with van der Waals surface area (Å²) in [6, 6.07) is 0.955. The highest BCUT2D eigenvalue weighted by Gasteiger charge is 2.33. The van der Waals surface area contributed by atoms with Crippen LogP contribution in [0.5, 0.6) is 0 Å². The smallest absolute Gasteiger partial charge is 0.0607 e. The quantitative estimate of drug-likeness (QED) is 0.558. The first-order valence-electron chi connectivity index (χ1n) is 7.06. The second-order valence-electron chi connectivity index (χ2n) is 5.49. The molecule has 0 bridgehead atoms. The number of hydrogen-bond acceptors (Lipinski definition) is 4. The summed E-state index contributed by atoms with van der Waals surface area (Å²) in [6.45, 7) is 1.20. The molecule has 1 aliphatic carbocycles. The van der Waals surface area contributed by atoms with E-state index < -0.39 is 0 Å². The SMILES string of the molecule is OCC(CO)NC1CCCCC1C1CCCN1. The Kier molecular flexibility index (Phi) is 5.22. The highest BCUT2D eigenvalue weighted by atomic mass is 16.3. The number of nitrogens with one attached hydrogen (secondary N) is 2. The zero-order valence-corrected chi connectivity index (χ0v) is 10.6. The lowest BCUT2D eigenvalue weighted by Gasteiger charge is -2.38. The number of aliphatic hydroxyl groups excluding tert-OH is 2. The van der Waals surface area contributed by atoms with E-state index in [1.165, 1.54) is 38.5 Å². The Morgan fingerprint density at radius 3 is 2.47 bits per heavy atom. The van der Waals surface area contributed by atoms with Gasteiger partial charge in [-0.15, -0.1) is 0 Å². The van der Waals surface area contributed by atoms with Crippen LogP contribution in [0.15, 0.2) is 0 Å². The fourth-order valence-corrected chi connectivity index (χ4v) is 3.39. The molecular formula is C13H26N2O2. The van der Waals surface area contributed by atoms with Crippen molar-refractivity contribution in [2.75, 3.05) is 19.8 Å². The predicted octanol–water partition coefficient (Wildman–Crippen LogP) is 0.240. The minimum absolute atomic E-state index is 0.0256. The maximum atomic E-state index is 9.17. The zero-order chi connectivity index (χ0) is 12.1. The summed E-state index contributed by atoms with van der Waals surface area (Å²) in [5.41, 5.74) is 0. The Hall–Kier alpha value is -0.160. The van der Waals surface area contributed by atoms with Crippen molar-refractivity contribution in [2.45, 2.75) is 56.7 Å². The summed E-state index contributed by atoms with van der Waals surface area (Å²) in [5, 5.41) is 25.4. The predicted molar refractivity (Wildman–Crippen MR) is 67.9 cm³/mol. The minimum atomic E-state index is -0.151. The highest BCUT2D eigenvalue weighted by Crippen LogP contribution is 2.30. The third-order valence-electron chi connectivity index (χ3n) is 4.33. The van der Waals surface area contributed by atoms with Crippen LogP contribution in [0.25, 0.3) is 0 Å². The Morgan fingerprint density at radius 1 is 1.06 bits per heavy atom. The van der Waals surface area contributed by atoms with Crippen LogP contribution in [0, 0.1) is 5.92 Å². The molecule has 0 aromatic heterocycles. The van der Waals surface area contributed by atoms with Crippen LogP contribution >= 0.6 is 0 Å². The molecule has 2 fully saturated rings. The molecule has 0 aromatic carbocycles. The summed E-state index contributed by atoms with van der Waals surface area (Å²) in [5.74, 6) is 0.673. The van der Waals surface area contributed by atoms with Crippen LogP contribution in [0.3, 0.4) is 0 Å². The van der Waals surface area contributed by atoms with E-state index in [2.05, 4.69) is 10.6 Å². The molecule has 17 heavy (non-hydrogen) atoms. The van der Waals surface area contributed by atoms with Crippen LogP contribution in [0.1, 0.15) is 38.5 Å². The number of aliphatic hydroxyl groups is 2. The van der Waals surface area contributed by atoms with Gasteiger partial charge in [0.05, 0.1) is 19.3 Å². The minimum Gasteiger partial charge on any atom is -0.395 e. The molecule has 1 saturated heterocycles. The summed E-state index contributed by atoms with van der Waals surface area (Å²) in [7, 11) is 0. The standard InChI is InChI=1S/C13H26N2O2/c16-8-10(9-17)15-13-5-2-1-4-11(13)12-6-3-7-14-12/h10-17H,1-9H2. The lowest BCUT2D eigenvalue weighted by molar-refractivity contribution is 0.129. The molecule has 0 radical (unpaired) electrons. The molecule has 2 aliphatic rings. The third kappa shape index (κ3) is 3.41. The van der Waals surface area contributed by atoms with E-state index in [0.29, 0.717) is 18.0 Å². The van der Waals surface area contributed by atoms with Gasteiger partial charge in [-0.05, 0) is 38.1 Å². The summed E-state index contributed by atoms with van der Waals surface area (Å²) >= 11 is 0. The molecule has 1 heterocycles. The number of hydrogen-bond donors (Lipinski definition) is 4. The second kappa shape index (κ2) is 6.69. The van der Waals surface area contributed by atoms with Gasteiger partial charge in [-0.2, -0.15) is 0 Å². The Balaban J connectivity index is 1.91. The maximum Gasteiger partial charge on any atom is 0.0607 e. The third-order valence-corrected chi connectivity index (χ3v) is 4.33. The average molecular weight is 242 g/mol. The lowest BCUT2D eigenvalue weighted by atomic mass is 9.79. The van der Waals surface area contributed by atoms with E-state index in [4.69, 9.17) is 0 Å².